The molecule has 1 N–H and O–H groups in total. The van der Waals surface area contributed by atoms with Gasteiger partial charge in [-0.2, -0.15) is 11.8 Å². The van der Waals surface area contributed by atoms with Gasteiger partial charge >= 0.3 is 5.97 Å². The van der Waals surface area contributed by atoms with Crippen molar-refractivity contribution in [3.63, 3.8) is 0 Å². The van der Waals surface area contributed by atoms with Crippen molar-refractivity contribution in [1.29, 1.82) is 0 Å². The van der Waals surface area contributed by atoms with Crippen LogP contribution >= 0.6 is 11.8 Å². The van der Waals surface area contributed by atoms with Crippen LogP contribution in [0.25, 0.3) is 0 Å². The third-order valence-corrected chi connectivity index (χ3v) is 5.51. The van der Waals surface area contributed by atoms with E-state index in [9.17, 15) is 9.90 Å². The molecule has 20 heavy (non-hydrogen) atoms. The Hall–Kier alpha value is -0.960. The van der Waals surface area contributed by atoms with Crippen molar-refractivity contribution in [3.05, 3.63) is 34.9 Å². The number of carboxylic acids is 1. The fourth-order valence-corrected chi connectivity index (χ4v) is 4.50. The Bertz CT molecular complexity index is 450. The summed E-state index contributed by atoms with van der Waals surface area (Å²) in [5.41, 5.74) is 3.90. The Morgan fingerprint density at radius 2 is 1.80 bits per heavy atom. The molecule has 1 fully saturated rings. The summed E-state index contributed by atoms with van der Waals surface area (Å²) in [6.07, 6.45) is 5.32. The van der Waals surface area contributed by atoms with Gasteiger partial charge in [0.05, 0.1) is 5.92 Å². The lowest BCUT2D eigenvalue weighted by Crippen LogP contribution is -2.24. The summed E-state index contributed by atoms with van der Waals surface area (Å²) in [6, 6.07) is 6.61. The molecule has 0 saturated heterocycles. The van der Waals surface area contributed by atoms with Crippen LogP contribution in [0.15, 0.2) is 18.2 Å². The first-order chi connectivity index (χ1) is 9.56. The van der Waals surface area contributed by atoms with E-state index in [0.29, 0.717) is 0 Å². The second kappa shape index (κ2) is 7.16. The summed E-state index contributed by atoms with van der Waals surface area (Å²) in [6.45, 7) is 4.24. The van der Waals surface area contributed by atoms with Crippen LogP contribution in [-0.2, 0) is 10.5 Å². The highest BCUT2D eigenvalue weighted by molar-refractivity contribution is 7.99. The Labute approximate surface area is 126 Å². The van der Waals surface area contributed by atoms with Crippen LogP contribution in [0.2, 0.25) is 0 Å². The molecule has 0 radical (unpaired) electrons. The van der Waals surface area contributed by atoms with Gasteiger partial charge in [0.25, 0.3) is 0 Å². The molecule has 1 aliphatic carbocycles. The summed E-state index contributed by atoms with van der Waals surface area (Å²) >= 11 is 1.84. The highest BCUT2D eigenvalue weighted by Gasteiger charge is 2.29. The normalized spacial score (nSPS) is 23.3. The van der Waals surface area contributed by atoms with E-state index in [-0.39, 0.29) is 11.2 Å². The van der Waals surface area contributed by atoms with Crippen molar-refractivity contribution < 1.29 is 9.90 Å². The minimum Gasteiger partial charge on any atom is -0.481 e. The van der Waals surface area contributed by atoms with Gasteiger partial charge < -0.3 is 5.11 Å². The minimum atomic E-state index is -0.607. The quantitative estimate of drug-likeness (QED) is 0.826. The molecule has 0 heterocycles. The molecule has 1 aliphatic rings. The van der Waals surface area contributed by atoms with Gasteiger partial charge in [0.2, 0.25) is 0 Å². The number of benzene rings is 1. The van der Waals surface area contributed by atoms with Gasteiger partial charge in [-0.15, -0.1) is 0 Å². The lowest BCUT2D eigenvalue weighted by molar-refractivity contribution is -0.141. The molecule has 3 heteroatoms. The molecule has 1 aromatic carbocycles. The smallest absolute Gasteiger partial charge is 0.307 e. The molecule has 0 spiro atoms. The molecule has 1 saturated carbocycles. The zero-order valence-electron chi connectivity index (χ0n) is 12.4. The third kappa shape index (κ3) is 4.27. The maximum Gasteiger partial charge on any atom is 0.307 e. The second-order valence-corrected chi connectivity index (χ2v) is 7.16. The second-order valence-electron chi connectivity index (χ2n) is 5.93. The Morgan fingerprint density at radius 1 is 1.15 bits per heavy atom. The van der Waals surface area contributed by atoms with Crippen LogP contribution in [-0.4, -0.2) is 16.3 Å². The van der Waals surface area contributed by atoms with E-state index in [2.05, 4.69) is 32.0 Å². The Morgan fingerprint density at radius 3 is 2.45 bits per heavy atom. The zero-order valence-corrected chi connectivity index (χ0v) is 13.2. The van der Waals surface area contributed by atoms with Crippen LogP contribution in [0.3, 0.4) is 0 Å². The van der Waals surface area contributed by atoms with Crippen LogP contribution in [0.1, 0.15) is 48.8 Å². The summed E-state index contributed by atoms with van der Waals surface area (Å²) in [5.74, 6) is 0.162. The highest BCUT2D eigenvalue weighted by atomic mass is 32.2. The topological polar surface area (TPSA) is 37.3 Å². The predicted octanol–water partition coefficient (Wildman–Crippen LogP) is 4.57. The lowest BCUT2D eigenvalue weighted by Gasteiger charge is -2.21. The van der Waals surface area contributed by atoms with E-state index in [4.69, 9.17) is 0 Å². The van der Waals surface area contributed by atoms with Gasteiger partial charge in [-0.25, -0.2) is 0 Å². The van der Waals surface area contributed by atoms with Gasteiger partial charge in [0, 0.05) is 11.0 Å². The number of thioether (sulfide) groups is 1. The fraction of sp³-hybridized carbons (Fsp3) is 0.588. The number of aliphatic carboxylic acids is 1. The van der Waals surface area contributed by atoms with Gasteiger partial charge in [-0.3, -0.25) is 4.79 Å². The molecular weight excluding hydrogens is 268 g/mol. The molecule has 0 aromatic heterocycles. The molecular formula is C17H24O2S. The molecule has 2 rings (SSSR count). The molecule has 1 aromatic rings. The molecule has 0 bridgehead atoms. The fourth-order valence-electron chi connectivity index (χ4n) is 3.11. The zero-order chi connectivity index (χ0) is 14.5. The molecule has 2 nitrogen and oxygen atoms in total. The SMILES string of the molecule is Cc1cc(C)cc(CSC2CCCCCC2C(=O)O)c1. The maximum atomic E-state index is 11.4. The average molecular weight is 292 g/mol. The number of carbonyl (C=O) groups is 1. The first kappa shape index (κ1) is 15.4. The lowest BCUT2D eigenvalue weighted by atomic mass is 10.0. The van der Waals surface area contributed by atoms with Crippen molar-refractivity contribution in [2.24, 2.45) is 5.92 Å². The number of hydrogen-bond acceptors (Lipinski definition) is 2. The minimum absolute atomic E-state index is 0.159. The van der Waals surface area contributed by atoms with E-state index >= 15 is 0 Å². The third-order valence-electron chi connectivity index (χ3n) is 4.02. The standard InChI is InChI=1S/C17H24O2S/c1-12-8-13(2)10-14(9-12)11-20-16-7-5-3-4-6-15(16)17(18)19/h8-10,15-16H,3-7,11H2,1-2H3,(H,18,19). The number of rotatable bonds is 4. The van der Waals surface area contributed by atoms with E-state index in [1.165, 1.54) is 29.5 Å². The van der Waals surface area contributed by atoms with Crippen molar-refractivity contribution in [2.45, 2.75) is 57.0 Å². The van der Waals surface area contributed by atoms with Crippen LogP contribution in [0, 0.1) is 19.8 Å². The monoisotopic (exact) mass is 292 g/mol. The molecule has 0 amide bonds. The highest BCUT2D eigenvalue weighted by Crippen LogP contribution is 2.34. The van der Waals surface area contributed by atoms with Gasteiger partial charge in [0.1, 0.15) is 0 Å². The molecule has 110 valence electrons. The van der Waals surface area contributed by atoms with E-state index in [0.717, 1.165) is 25.0 Å². The Balaban J connectivity index is 2.01. The number of hydrogen-bond donors (Lipinski definition) is 1. The largest absolute Gasteiger partial charge is 0.481 e. The first-order valence-corrected chi connectivity index (χ1v) is 8.52. The van der Waals surface area contributed by atoms with Crippen LogP contribution in [0.5, 0.6) is 0 Å². The summed E-state index contributed by atoms with van der Waals surface area (Å²) in [4.78, 5) is 11.4. The van der Waals surface area contributed by atoms with Crippen LogP contribution in [0.4, 0.5) is 0 Å². The van der Waals surface area contributed by atoms with Crippen molar-refractivity contribution in [3.8, 4) is 0 Å². The predicted molar refractivity (Wildman–Crippen MR) is 85.2 cm³/mol. The van der Waals surface area contributed by atoms with E-state index < -0.39 is 5.97 Å². The summed E-state index contributed by atoms with van der Waals surface area (Å²) in [5, 5.41) is 9.68. The summed E-state index contributed by atoms with van der Waals surface area (Å²) in [7, 11) is 0. The Kier molecular flexibility index (Phi) is 5.53. The molecule has 0 aliphatic heterocycles. The first-order valence-electron chi connectivity index (χ1n) is 7.48. The average Bonchev–Trinajstić information content (AvgIpc) is 2.60. The number of carboxylic acid groups (broad SMARTS) is 1. The van der Waals surface area contributed by atoms with E-state index in [1.54, 1.807) is 0 Å². The van der Waals surface area contributed by atoms with Gasteiger partial charge in [-0.05, 0) is 32.3 Å². The maximum absolute atomic E-state index is 11.4. The van der Waals surface area contributed by atoms with Crippen LogP contribution < -0.4 is 0 Å². The van der Waals surface area contributed by atoms with Crippen molar-refractivity contribution in [2.75, 3.05) is 0 Å². The van der Waals surface area contributed by atoms with Gasteiger partial charge in [-0.1, -0.05) is 48.6 Å². The molecule has 2 unspecified atom stereocenters. The van der Waals surface area contributed by atoms with Crippen molar-refractivity contribution in [1.82, 2.24) is 0 Å². The molecule has 2 atom stereocenters. The van der Waals surface area contributed by atoms with E-state index in [1.807, 2.05) is 11.8 Å². The number of aryl methyl sites for hydroxylation is 2. The van der Waals surface area contributed by atoms with Gasteiger partial charge in [0.15, 0.2) is 0 Å². The summed E-state index contributed by atoms with van der Waals surface area (Å²) < 4.78 is 0. The van der Waals surface area contributed by atoms with Crippen molar-refractivity contribution >= 4 is 17.7 Å².